The van der Waals surface area contributed by atoms with E-state index in [9.17, 15) is 4.79 Å². The summed E-state index contributed by atoms with van der Waals surface area (Å²) >= 11 is 0. The molecule has 0 spiro atoms. The highest BCUT2D eigenvalue weighted by Gasteiger charge is 2.28. The molecule has 2 aromatic carbocycles. The molecule has 3 rings (SSSR count). The minimum Gasteiger partial charge on any atom is -0.497 e. The molecule has 2 aromatic rings. The third kappa shape index (κ3) is 3.81. The van der Waals surface area contributed by atoms with E-state index in [2.05, 4.69) is 31.2 Å². The van der Waals surface area contributed by atoms with E-state index in [4.69, 9.17) is 4.74 Å². The van der Waals surface area contributed by atoms with Crippen LogP contribution in [0.4, 0.5) is 0 Å². The Morgan fingerprint density at radius 3 is 2.40 bits per heavy atom. The number of methoxy groups -OCH3 is 1. The summed E-state index contributed by atoms with van der Waals surface area (Å²) in [6, 6.07) is 12.7. The van der Waals surface area contributed by atoms with Crippen LogP contribution in [0.2, 0.25) is 0 Å². The number of hydrogen-bond acceptors (Lipinski definition) is 2. The predicted molar refractivity (Wildman–Crippen MR) is 103 cm³/mol. The summed E-state index contributed by atoms with van der Waals surface area (Å²) in [7, 11) is 3.66. The largest absolute Gasteiger partial charge is 0.497 e. The van der Waals surface area contributed by atoms with Crippen LogP contribution in [-0.2, 0) is 4.79 Å². The van der Waals surface area contributed by atoms with Crippen LogP contribution >= 0.6 is 0 Å². The van der Waals surface area contributed by atoms with Crippen molar-refractivity contribution in [3.05, 3.63) is 42.0 Å². The summed E-state index contributed by atoms with van der Waals surface area (Å²) in [5, 5.41) is 2.28. The first-order chi connectivity index (χ1) is 12.0. The highest BCUT2D eigenvalue weighted by atomic mass is 16.5. The van der Waals surface area contributed by atoms with Crippen molar-refractivity contribution in [1.82, 2.24) is 4.90 Å². The molecule has 1 amide bonds. The van der Waals surface area contributed by atoms with Gasteiger partial charge < -0.3 is 9.64 Å². The number of carbonyl (C=O) groups excluding carboxylic acids is 1. The molecule has 1 fully saturated rings. The molecule has 0 radical (unpaired) electrons. The van der Waals surface area contributed by atoms with Gasteiger partial charge in [0.05, 0.1) is 13.0 Å². The normalized spacial score (nSPS) is 21.8. The van der Waals surface area contributed by atoms with E-state index in [0.717, 1.165) is 40.8 Å². The smallest absolute Gasteiger partial charge is 0.229 e. The molecule has 0 saturated heterocycles. The van der Waals surface area contributed by atoms with Crippen molar-refractivity contribution in [2.45, 2.75) is 51.5 Å². The Kier molecular flexibility index (Phi) is 5.31. The second-order valence-electron chi connectivity index (χ2n) is 7.56. The number of benzene rings is 2. The van der Waals surface area contributed by atoms with E-state index in [1.807, 2.05) is 31.0 Å². The van der Waals surface area contributed by atoms with Crippen LogP contribution < -0.4 is 4.74 Å². The lowest BCUT2D eigenvalue weighted by Crippen LogP contribution is -2.41. The van der Waals surface area contributed by atoms with Crippen LogP contribution in [0.15, 0.2) is 36.4 Å². The Morgan fingerprint density at radius 1 is 1.08 bits per heavy atom. The molecular formula is C22H29NO2. The molecule has 1 atom stereocenters. The topological polar surface area (TPSA) is 29.5 Å². The Balaban J connectivity index is 1.76. The van der Waals surface area contributed by atoms with Gasteiger partial charge in [0.15, 0.2) is 0 Å². The maximum atomic E-state index is 13.0. The fourth-order valence-corrected chi connectivity index (χ4v) is 3.90. The van der Waals surface area contributed by atoms with Gasteiger partial charge in [-0.25, -0.2) is 0 Å². The van der Waals surface area contributed by atoms with Crippen molar-refractivity contribution < 1.29 is 9.53 Å². The van der Waals surface area contributed by atoms with E-state index in [0.29, 0.717) is 6.04 Å². The van der Waals surface area contributed by atoms with E-state index in [1.54, 1.807) is 7.11 Å². The molecule has 1 aliphatic rings. The zero-order chi connectivity index (χ0) is 18.0. The van der Waals surface area contributed by atoms with Crippen LogP contribution in [0.25, 0.3) is 10.8 Å². The maximum Gasteiger partial charge on any atom is 0.229 e. The summed E-state index contributed by atoms with van der Waals surface area (Å²) in [4.78, 5) is 15.0. The van der Waals surface area contributed by atoms with E-state index in [1.165, 1.54) is 12.8 Å². The molecule has 0 heterocycles. The van der Waals surface area contributed by atoms with Crippen LogP contribution in [0, 0.1) is 5.92 Å². The van der Waals surface area contributed by atoms with E-state index in [-0.39, 0.29) is 11.8 Å². The first kappa shape index (κ1) is 17.8. The Hall–Kier alpha value is -2.03. The third-order valence-electron chi connectivity index (χ3n) is 5.82. The molecular weight excluding hydrogens is 310 g/mol. The Bertz CT molecular complexity index is 747. The predicted octanol–water partition coefficient (Wildman–Crippen LogP) is 4.99. The Labute approximate surface area is 151 Å². The van der Waals surface area contributed by atoms with Crippen LogP contribution in [0.3, 0.4) is 0 Å². The molecule has 134 valence electrons. The van der Waals surface area contributed by atoms with Crippen molar-refractivity contribution >= 4 is 16.7 Å². The molecule has 1 aliphatic carbocycles. The lowest BCUT2D eigenvalue weighted by atomic mass is 9.86. The van der Waals surface area contributed by atoms with Gasteiger partial charge in [-0.3, -0.25) is 4.79 Å². The minimum atomic E-state index is -0.115. The van der Waals surface area contributed by atoms with Gasteiger partial charge in [0.1, 0.15) is 5.75 Å². The van der Waals surface area contributed by atoms with Crippen LogP contribution in [-0.4, -0.2) is 31.0 Å². The molecule has 3 heteroatoms. The number of amides is 1. The summed E-state index contributed by atoms with van der Waals surface area (Å²) < 4.78 is 5.28. The van der Waals surface area contributed by atoms with Gasteiger partial charge in [-0.2, -0.15) is 0 Å². The van der Waals surface area contributed by atoms with Crippen molar-refractivity contribution in [1.29, 1.82) is 0 Å². The van der Waals surface area contributed by atoms with Crippen molar-refractivity contribution in [2.75, 3.05) is 14.2 Å². The SMILES string of the molecule is COc1ccc2cc([C@H](C)C(=O)N(C)C3CCC(C)CC3)ccc2c1. The zero-order valence-corrected chi connectivity index (χ0v) is 15.8. The van der Waals surface area contributed by atoms with Gasteiger partial charge in [-0.15, -0.1) is 0 Å². The van der Waals surface area contributed by atoms with Gasteiger partial charge in [-0.1, -0.05) is 31.2 Å². The van der Waals surface area contributed by atoms with Crippen molar-refractivity contribution in [3.8, 4) is 5.75 Å². The summed E-state index contributed by atoms with van der Waals surface area (Å²) in [5.74, 6) is 1.77. The summed E-state index contributed by atoms with van der Waals surface area (Å²) in [5.41, 5.74) is 1.08. The molecule has 1 saturated carbocycles. The molecule has 3 nitrogen and oxygen atoms in total. The van der Waals surface area contributed by atoms with Crippen LogP contribution in [0.1, 0.15) is 51.0 Å². The monoisotopic (exact) mass is 339 g/mol. The second-order valence-corrected chi connectivity index (χ2v) is 7.56. The van der Waals surface area contributed by atoms with Gasteiger partial charge >= 0.3 is 0 Å². The number of likely N-dealkylation sites (N-methyl/N-ethyl adjacent to an activating group) is 1. The fraction of sp³-hybridized carbons (Fsp3) is 0.500. The average molecular weight is 339 g/mol. The zero-order valence-electron chi connectivity index (χ0n) is 15.8. The Morgan fingerprint density at radius 2 is 1.72 bits per heavy atom. The average Bonchev–Trinajstić information content (AvgIpc) is 2.66. The number of rotatable bonds is 4. The number of carbonyl (C=O) groups is 1. The van der Waals surface area contributed by atoms with Gasteiger partial charge in [-0.05, 0) is 67.0 Å². The molecule has 0 aromatic heterocycles. The molecule has 0 N–H and O–H groups in total. The number of ether oxygens (including phenoxy) is 1. The first-order valence-electron chi connectivity index (χ1n) is 9.34. The quantitative estimate of drug-likeness (QED) is 0.785. The summed E-state index contributed by atoms with van der Waals surface area (Å²) in [6.45, 7) is 4.33. The highest BCUT2D eigenvalue weighted by molar-refractivity contribution is 5.88. The lowest BCUT2D eigenvalue weighted by molar-refractivity contribution is -0.134. The molecule has 25 heavy (non-hydrogen) atoms. The van der Waals surface area contributed by atoms with E-state index < -0.39 is 0 Å². The lowest BCUT2D eigenvalue weighted by Gasteiger charge is -2.35. The van der Waals surface area contributed by atoms with Gasteiger partial charge in [0.25, 0.3) is 0 Å². The second kappa shape index (κ2) is 7.47. The van der Waals surface area contributed by atoms with Gasteiger partial charge in [0.2, 0.25) is 5.91 Å². The number of hydrogen-bond donors (Lipinski definition) is 0. The van der Waals surface area contributed by atoms with Gasteiger partial charge in [0, 0.05) is 13.1 Å². The molecule has 0 aliphatic heterocycles. The number of nitrogens with zero attached hydrogens (tertiary/aromatic N) is 1. The third-order valence-corrected chi connectivity index (χ3v) is 5.82. The fourth-order valence-electron chi connectivity index (χ4n) is 3.90. The van der Waals surface area contributed by atoms with Crippen LogP contribution in [0.5, 0.6) is 5.75 Å². The maximum absolute atomic E-state index is 13.0. The van der Waals surface area contributed by atoms with E-state index >= 15 is 0 Å². The molecule has 0 bridgehead atoms. The van der Waals surface area contributed by atoms with Crippen molar-refractivity contribution in [3.63, 3.8) is 0 Å². The standard InChI is InChI=1S/C22H29NO2/c1-15-5-10-20(11-6-15)23(3)22(24)16(2)17-7-8-19-14-21(25-4)12-9-18(19)13-17/h7-9,12-16,20H,5-6,10-11H2,1-4H3/t15?,16-,20?/m0/s1. The minimum absolute atomic E-state index is 0.115. The molecule has 0 unspecified atom stereocenters. The highest BCUT2D eigenvalue weighted by Crippen LogP contribution is 2.30. The summed E-state index contributed by atoms with van der Waals surface area (Å²) in [6.07, 6.45) is 4.73. The number of fused-ring (bicyclic) bond motifs is 1. The van der Waals surface area contributed by atoms with Crippen molar-refractivity contribution in [2.24, 2.45) is 5.92 Å². The first-order valence-corrected chi connectivity index (χ1v) is 9.34.